The summed E-state index contributed by atoms with van der Waals surface area (Å²) in [5.41, 5.74) is 0.358. The molecule has 0 saturated heterocycles. The molecule has 0 spiro atoms. The Labute approximate surface area is 152 Å². The highest BCUT2D eigenvalue weighted by Gasteiger charge is 2.33. The van der Waals surface area contributed by atoms with Crippen LogP contribution >= 0.6 is 15.9 Å². The van der Waals surface area contributed by atoms with E-state index in [1.165, 1.54) is 10.9 Å². The van der Waals surface area contributed by atoms with Gasteiger partial charge in [0, 0.05) is 29.2 Å². The van der Waals surface area contributed by atoms with E-state index in [0.29, 0.717) is 24.4 Å². The fraction of sp³-hybridized carbons (Fsp3) is 0.412. The molecule has 1 aliphatic rings. The number of carbonyl (C=O) groups excluding carboxylic acids is 1. The van der Waals surface area contributed by atoms with Crippen molar-refractivity contribution in [1.82, 2.24) is 9.78 Å². The van der Waals surface area contributed by atoms with E-state index in [0.717, 1.165) is 10.0 Å². The number of anilines is 1. The van der Waals surface area contributed by atoms with Crippen LogP contribution in [0.15, 0.2) is 22.8 Å². The van der Waals surface area contributed by atoms with Crippen LogP contribution < -0.4 is 10.1 Å². The smallest absolute Gasteiger partial charge is 0.282 e. The van der Waals surface area contributed by atoms with Crippen molar-refractivity contribution in [3.05, 3.63) is 39.6 Å². The molecule has 0 unspecified atom stereocenters. The van der Waals surface area contributed by atoms with Gasteiger partial charge >= 0.3 is 0 Å². The van der Waals surface area contributed by atoms with Gasteiger partial charge in [-0.15, -0.1) is 0 Å². The number of hydrogen-bond donors (Lipinski definition) is 1. The predicted molar refractivity (Wildman–Crippen MR) is 93.4 cm³/mol. The first kappa shape index (κ1) is 17.8. The molecule has 1 aliphatic heterocycles. The number of hydrogen-bond acceptors (Lipinski definition) is 3. The molecule has 5 nitrogen and oxygen atoms in total. The van der Waals surface area contributed by atoms with Crippen molar-refractivity contribution in [1.29, 1.82) is 0 Å². The van der Waals surface area contributed by atoms with Gasteiger partial charge in [0.15, 0.2) is 0 Å². The number of fused-ring (bicyclic) bond motifs is 1. The molecular weight excluding hydrogens is 396 g/mol. The van der Waals surface area contributed by atoms with Crippen LogP contribution in [-0.2, 0) is 13.0 Å². The molecule has 1 N–H and O–H groups in total. The van der Waals surface area contributed by atoms with E-state index < -0.39 is 18.0 Å². The molecule has 8 heteroatoms. The van der Waals surface area contributed by atoms with Crippen molar-refractivity contribution in [3.63, 3.8) is 0 Å². The van der Waals surface area contributed by atoms with Crippen LogP contribution in [0.2, 0.25) is 0 Å². The highest BCUT2D eigenvalue weighted by Crippen LogP contribution is 2.42. The molecule has 0 saturated carbocycles. The van der Waals surface area contributed by atoms with Gasteiger partial charge in [0.1, 0.15) is 17.0 Å². The van der Waals surface area contributed by atoms with Gasteiger partial charge < -0.3 is 10.1 Å². The SMILES string of the molecule is CCn1cc(C(=O)Nc2cc(Br)cc3c2OC(C)(C)C3)c(C(F)F)n1. The summed E-state index contributed by atoms with van der Waals surface area (Å²) in [6, 6.07) is 3.63. The van der Waals surface area contributed by atoms with Crippen molar-refractivity contribution in [2.75, 3.05) is 5.32 Å². The molecule has 2 aromatic rings. The first-order valence-electron chi connectivity index (χ1n) is 7.88. The molecule has 2 heterocycles. The lowest BCUT2D eigenvalue weighted by Crippen LogP contribution is -2.25. The molecule has 1 aromatic carbocycles. The Morgan fingerprint density at radius 3 is 2.84 bits per heavy atom. The standard InChI is InChI=1S/C17H18BrF2N3O2/c1-4-23-8-11(13(22-23)15(19)20)16(24)21-12-6-10(18)5-9-7-17(2,3)25-14(9)12/h5-6,8,15H,4,7H2,1-3H3,(H,21,24). The fourth-order valence-corrected chi connectivity index (χ4v) is 3.40. The Morgan fingerprint density at radius 2 is 2.20 bits per heavy atom. The monoisotopic (exact) mass is 413 g/mol. The van der Waals surface area contributed by atoms with E-state index in [-0.39, 0.29) is 11.2 Å². The highest BCUT2D eigenvalue weighted by atomic mass is 79.9. The topological polar surface area (TPSA) is 56.2 Å². The molecule has 0 fully saturated rings. The molecule has 0 radical (unpaired) electrons. The Morgan fingerprint density at radius 1 is 1.48 bits per heavy atom. The third-order valence-corrected chi connectivity index (χ3v) is 4.40. The minimum atomic E-state index is -2.82. The summed E-state index contributed by atoms with van der Waals surface area (Å²) in [6.45, 7) is 6.07. The number of amides is 1. The fourth-order valence-electron chi connectivity index (χ4n) is 2.89. The van der Waals surface area contributed by atoms with Gasteiger partial charge in [-0.3, -0.25) is 9.48 Å². The second kappa shape index (κ2) is 6.40. The molecule has 3 rings (SSSR count). The lowest BCUT2D eigenvalue weighted by Gasteiger charge is -2.18. The van der Waals surface area contributed by atoms with Gasteiger partial charge in [-0.2, -0.15) is 5.10 Å². The Kier molecular flexibility index (Phi) is 4.57. The number of ether oxygens (including phenoxy) is 1. The lowest BCUT2D eigenvalue weighted by atomic mass is 10.0. The summed E-state index contributed by atoms with van der Waals surface area (Å²) in [5, 5.41) is 6.46. The summed E-state index contributed by atoms with van der Waals surface area (Å²) in [5.74, 6) is -0.0633. The molecule has 134 valence electrons. The number of carbonyl (C=O) groups is 1. The molecule has 0 aliphatic carbocycles. The third-order valence-electron chi connectivity index (χ3n) is 3.94. The van der Waals surface area contributed by atoms with Crippen molar-refractivity contribution in [2.24, 2.45) is 0 Å². The number of alkyl halides is 2. The van der Waals surface area contributed by atoms with Crippen molar-refractivity contribution in [2.45, 2.75) is 45.8 Å². The van der Waals surface area contributed by atoms with Gasteiger partial charge in [-0.05, 0) is 32.9 Å². The van der Waals surface area contributed by atoms with Crippen LogP contribution in [0, 0.1) is 0 Å². The van der Waals surface area contributed by atoms with Crippen LogP contribution in [0.3, 0.4) is 0 Å². The average Bonchev–Trinajstić information content (AvgIpc) is 3.07. The van der Waals surface area contributed by atoms with E-state index in [9.17, 15) is 13.6 Å². The number of halogens is 3. The van der Waals surface area contributed by atoms with Crippen molar-refractivity contribution in [3.8, 4) is 5.75 Å². The highest BCUT2D eigenvalue weighted by molar-refractivity contribution is 9.10. The number of aryl methyl sites for hydroxylation is 1. The number of benzene rings is 1. The Hall–Kier alpha value is -1.96. The normalized spacial score (nSPS) is 15.2. The van der Waals surface area contributed by atoms with Gasteiger partial charge in [0.05, 0.1) is 11.3 Å². The summed E-state index contributed by atoms with van der Waals surface area (Å²) < 4.78 is 34.4. The Balaban J connectivity index is 1.94. The van der Waals surface area contributed by atoms with Crippen molar-refractivity contribution < 1.29 is 18.3 Å². The summed E-state index contributed by atoms with van der Waals surface area (Å²) in [4.78, 5) is 12.6. The van der Waals surface area contributed by atoms with Gasteiger partial charge in [0.2, 0.25) is 0 Å². The molecule has 0 bridgehead atoms. The maximum absolute atomic E-state index is 13.2. The zero-order valence-corrected chi connectivity index (χ0v) is 15.7. The number of nitrogens with zero attached hydrogens (tertiary/aromatic N) is 2. The number of nitrogens with one attached hydrogen (secondary N) is 1. The molecule has 1 aromatic heterocycles. The molecular formula is C17H18BrF2N3O2. The second-order valence-electron chi connectivity index (χ2n) is 6.52. The van der Waals surface area contributed by atoms with Crippen LogP contribution in [0.1, 0.15) is 48.8 Å². The van der Waals surface area contributed by atoms with E-state index in [1.807, 2.05) is 19.9 Å². The van der Waals surface area contributed by atoms with Crippen LogP contribution in [0.5, 0.6) is 5.75 Å². The van der Waals surface area contributed by atoms with E-state index in [1.54, 1.807) is 13.0 Å². The van der Waals surface area contributed by atoms with Crippen LogP contribution in [0.25, 0.3) is 0 Å². The maximum Gasteiger partial charge on any atom is 0.282 e. The van der Waals surface area contributed by atoms with Gasteiger partial charge in [0.25, 0.3) is 12.3 Å². The minimum Gasteiger partial charge on any atom is -0.485 e. The maximum atomic E-state index is 13.2. The average molecular weight is 414 g/mol. The first-order chi connectivity index (χ1) is 11.7. The number of rotatable bonds is 4. The van der Waals surface area contributed by atoms with Crippen molar-refractivity contribution >= 4 is 27.5 Å². The molecule has 25 heavy (non-hydrogen) atoms. The third kappa shape index (κ3) is 3.53. The first-order valence-corrected chi connectivity index (χ1v) is 8.68. The van der Waals surface area contributed by atoms with Crippen LogP contribution in [0.4, 0.5) is 14.5 Å². The zero-order valence-electron chi connectivity index (χ0n) is 14.1. The summed E-state index contributed by atoms with van der Waals surface area (Å²) >= 11 is 3.41. The van der Waals surface area contributed by atoms with E-state index in [2.05, 4.69) is 26.3 Å². The lowest BCUT2D eigenvalue weighted by molar-refractivity contribution is 0.100. The quantitative estimate of drug-likeness (QED) is 0.798. The zero-order chi connectivity index (χ0) is 18.4. The van der Waals surface area contributed by atoms with E-state index >= 15 is 0 Å². The van der Waals surface area contributed by atoms with Gasteiger partial charge in [-0.25, -0.2) is 8.78 Å². The molecule has 0 atom stereocenters. The van der Waals surface area contributed by atoms with Crippen LogP contribution in [-0.4, -0.2) is 21.3 Å². The number of aromatic nitrogens is 2. The van der Waals surface area contributed by atoms with E-state index in [4.69, 9.17) is 4.74 Å². The summed E-state index contributed by atoms with van der Waals surface area (Å²) in [6.07, 6.45) is -0.794. The molecule has 1 amide bonds. The minimum absolute atomic E-state index is 0.136. The predicted octanol–water partition coefficient (Wildman–Crippen LogP) is 4.57. The van der Waals surface area contributed by atoms with Gasteiger partial charge in [-0.1, -0.05) is 15.9 Å². The second-order valence-corrected chi connectivity index (χ2v) is 7.43. The largest absolute Gasteiger partial charge is 0.485 e. The Bertz CT molecular complexity index is 834. The summed E-state index contributed by atoms with van der Waals surface area (Å²) in [7, 11) is 0.